The average Bonchev–Trinajstić information content (AvgIpc) is 2.94. The Morgan fingerprint density at radius 3 is 2.75 bits per heavy atom. The Morgan fingerprint density at radius 1 is 1.40 bits per heavy atom. The molecule has 2 aromatic rings. The number of nitrogens with zero attached hydrogens (tertiary/aromatic N) is 4. The van der Waals surface area contributed by atoms with Gasteiger partial charge >= 0.3 is 5.97 Å². The lowest BCUT2D eigenvalue weighted by Gasteiger charge is -1.98. The van der Waals surface area contributed by atoms with E-state index in [0.29, 0.717) is 16.9 Å². The molecule has 0 aliphatic rings. The Hall–Kier alpha value is -1.83. The van der Waals surface area contributed by atoms with Crippen molar-refractivity contribution in [3.63, 3.8) is 0 Å². The molecule has 20 heavy (non-hydrogen) atoms. The molecule has 0 unspecified atom stereocenters. The second-order valence-corrected chi connectivity index (χ2v) is 5.27. The summed E-state index contributed by atoms with van der Waals surface area (Å²) >= 11 is 1.24. The van der Waals surface area contributed by atoms with Crippen LogP contribution in [0.2, 0.25) is 0 Å². The second kappa shape index (κ2) is 6.08. The molecule has 0 saturated heterocycles. The fraction of sp³-hybridized carbons (Fsp3) is 0.500. The Labute approximate surface area is 120 Å². The van der Waals surface area contributed by atoms with Crippen LogP contribution in [0.3, 0.4) is 0 Å². The third kappa shape index (κ3) is 3.01. The number of carbonyl (C=O) groups is 1. The van der Waals surface area contributed by atoms with Gasteiger partial charge in [-0.15, -0.1) is 10.2 Å². The molecule has 7 nitrogen and oxygen atoms in total. The van der Waals surface area contributed by atoms with Crippen molar-refractivity contribution in [1.82, 2.24) is 20.0 Å². The van der Waals surface area contributed by atoms with Gasteiger partial charge in [-0.1, -0.05) is 11.8 Å². The zero-order valence-electron chi connectivity index (χ0n) is 11.6. The first kappa shape index (κ1) is 14.6. The summed E-state index contributed by atoms with van der Waals surface area (Å²) in [5, 5.41) is 21.3. The van der Waals surface area contributed by atoms with Gasteiger partial charge in [0.25, 0.3) is 11.1 Å². The maximum absolute atomic E-state index is 10.5. The first-order valence-electron chi connectivity index (χ1n) is 6.25. The van der Waals surface area contributed by atoms with Crippen LogP contribution in [-0.4, -0.2) is 36.8 Å². The number of carboxylic acid groups (broad SMARTS) is 1. The highest BCUT2D eigenvalue weighted by molar-refractivity contribution is 7.99. The SMILES string of the molecule is CCn1nc(C)c(-c2nnc(SCCC(=O)O)o2)c1C. The number of rotatable bonds is 6. The number of aromatic nitrogens is 4. The van der Waals surface area contributed by atoms with E-state index in [0.717, 1.165) is 23.5 Å². The molecule has 0 aliphatic carbocycles. The van der Waals surface area contributed by atoms with Crippen LogP contribution in [0.15, 0.2) is 9.64 Å². The lowest BCUT2D eigenvalue weighted by Crippen LogP contribution is -1.98. The minimum absolute atomic E-state index is 0.0637. The molecule has 0 aromatic carbocycles. The van der Waals surface area contributed by atoms with Gasteiger partial charge in [0.2, 0.25) is 0 Å². The monoisotopic (exact) mass is 296 g/mol. The highest BCUT2D eigenvalue weighted by Crippen LogP contribution is 2.28. The lowest BCUT2D eigenvalue weighted by atomic mass is 10.2. The number of hydrogen-bond donors (Lipinski definition) is 1. The third-order valence-corrected chi connectivity index (χ3v) is 3.66. The summed E-state index contributed by atoms with van der Waals surface area (Å²) in [5.41, 5.74) is 2.68. The molecular formula is C12H16N4O3S. The molecule has 0 fully saturated rings. The van der Waals surface area contributed by atoms with E-state index in [9.17, 15) is 4.79 Å². The maximum atomic E-state index is 10.5. The molecule has 0 aliphatic heterocycles. The normalized spacial score (nSPS) is 10.9. The van der Waals surface area contributed by atoms with Gasteiger partial charge in [0, 0.05) is 18.0 Å². The van der Waals surface area contributed by atoms with E-state index in [4.69, 9.17) is 9.52 Å². The van der Waals surface area contributed by atoms with E-state index in [1.165, 1.54) is 11.8 Å². The zero-order valence-corrected chi connectivity index (χ0v) is 12.4. The molecule has 2 heterocycles. The topological polar surface area (TPSA) is 94.0 Å². The fourth-order valence-corrected chi connectivity index (χ4v) is 2.60. The Bertz CT molecular complexity index is 620. The van der Waals surface area contributed by atoms with E-state index >= 15 is 0 Å². The minimum Gasteiger partial charge on any atom is -0.481 e. The summed E-state index contributed by atoms with van der Waals surface area (Å²) in [6, 6.07) is 0. The number of carboxylic acids is 1. The van der Waals surface area contributed by atoms with Crippen molar-refractivity contribution in [1.29, 1.82) is 0 Å². The summed E-state index contributed by atoms with van der Waals surface area (Å²) < 4.78 is 7.45. The summed E-state index contributed by atoms with van der Waals surface area (Å²) in [6.45, 7) is 6.65. The van der Waals surface area contributed by atoms with Crippen molar-refractivity contribution < 1.29 is 14.3 Å². The minimum atomic E-state index is -0.840. The quantitative estimate of drug-likeness (QED) is 0.816. The number of thioether (sulfide) groups is 1. The number of hydrogen-bond acceptors (Lipinski definition) is 6. The van der Waals surface area contributed by atoms with Crippen molar-refractivity contribution in [2.45, 2.75) is 39.0 Å². The smallest absolute Gasteiger partial charge is 0.304 e. The van der Waals surface area contributed by atoms with Gasteiger partial charge in [-0.05, 0) is 20.8 Å². The van der Waals surface area contributed by atoms with Gasteiger partial charge in [0.1, 0.15) is 0 Å². The molecule has 0 amide bonds. The number of aryl methyl sites for hydroxylation is 2. The van der Waals surface area contributed by atoms with Crippen LogP contribution in [0.1, 0.15) is 24.7 Å². The standard InChI is InChI=1S/C12H16N4O3S/c1-4-16-8(3)10(7(2)15-16)11-13-14-12(19-11)20-6-5-9(17)18/h4-6H2,1-3H3,(H,17,18). The van der Waals surface area contributed by atoms with E-state index in [1.807, 2.05) is 25.5 Å². The first-order chi connectivity index (χ1) is 9.52. The average molecular weight is 296 g/mol. The van der Waals surface area contributed by atoms with Gasteiger partial charge < -0.3 is 9.52 Å². The highest BCUT2D eigenvalue weighted by atomic mass is 32.2. The summed E-state index contributed by atoms with van der Waals surface area (Å²) in [7, 11) is 0. The first-order valence-corrected chi connectivity index (χ1v) is 7.24. The van der Waals surface area contributed by atoms with E-state index in [-0.39, 0.29) is 6.42 Å². The molecule has 1 N–H and O–H groups in total. The molecule has 0 atom stereocenters. The summed E-state index contributed by atoms with van der Waals surface area (Å²) in [4.78, 5) is 10.5. The van der Waals surface area contributed by atoms with Crippen molar-refractivity contribution in [3.8, 4) is 11.5 Å². The molecular weight excluding hydrogens is 280 g/mol. The van der Waals surface area contributed by atoms with Gasteiger partial charge in [-0.2, -0.15) is 5.10 Å². The molecule has 108 valence electrons. The van der Waals surface area contributed by atoms with Crippen molar-refractivity contribution >= 4 is 17.7 Å². The molecule has 0 spiro atoms. The predicted molar refractivity (Wildman–Crippen MR) is 73.6 cm³/mol. The van der Waals surface area contributed by atoms with Gasteiger partial charge in [0.15, 0.2) is 0 Å². The maximum Gasteiger partial charge on any atom is 0.304 e. The van der Waals surface area contributed by atoms with E-state index in [2.05, 4.69) is 15.3 Å². The molecule has 8 heteroatoms. The molecule has 0 saturated carbocycles. The van der Waals surface area contributed by atoms with Crippen LogP contribution < -0.4 is 0 Å². The highest BCUT2D eigenvalue weighted by Gasteiger charge is 2.18. The fourth-order valence-electron chi connectivity index (χ4n) is 1.91. The van der Waals surface area contributed by atoms with Crippen LogP contribution in [0.4, 0.5) is 0 Å². The predicted octanol–water partition coefficient (Wildman–Crippen LogP) is 2.14. The lowest BCUT2D eigenvalue weighted by molar-refractivity contribution is -0.136. The largest absolute Gasteiger partial charge is 0.481 e. The Balaban J connectivity index is 2.16. The molecule has 2 rings (SSSR count). The number of aliphatic carboxylic acids is 1. The van der Waals surface area contributed by atoms with Crippen molar-refractivity contribution in [2.24, 2.45) is 0 Å². The van der Waals surface area contributed by atoms with Crippen LogP contribution in [0, 0.1) is 13.8 Å². The van der Waals surface area contributed by atoms with Gasteiger partial charge in [-0.25, -0.2) is 0 Å². The van der Waals surface area contributed by atoms with Crippen LogP contribution in [0.25, 0.3) is 11.5 Å². The second-order valence-electron chi connectivity index (χ2n) is 4.23. The van der Waals surface area contributed by atoms with Crippen LogP contribution >= 0.6 is 11.8 Å². The molecule has 0 bridgehead atoms. The van der Waals surface area contributed by atoms with E-state index < -0.39 is 5.97 Å². The van der Waals surface area contributed by atoms with E-state index in [1.54, 1.807) is 0 Å². The Morgan fingerprint density at radius 2 is 2.15 bits per heavy atom. The van der Waals surface area contributed by atoms with Crippen molar-refractivity contribution in [2.75, 3.05) is 5.75 Å². The van der Waals surface area contributed by atoms with Gasteiger partial charge in [-0.3, -0.25) is 9.48 Å². The van der Waals surface area contributed by atoms with Gasteiger partial charge in [0.05, 0.1) is 17.7 Å². The van der Waals surface area contributed by atoms with Crippen LogP contribution in [0.5, 0.6) is 0 Å². The molecule has 2 aromatic heterocycles. The van der Waals surface area contributed by atoms with Crippen LogP contribution in [-0.2, 0) is 11.3 Å². The Kier molecular flexibility index (Phi) is 4.43. The third-order valence-electron chi connectivity index (χ3n) is 2.84. The molecule has 0 radical (unpaired) electrons. The zero-order chi connectivity index (χ0) is 14.7. The summed E-state index contributed by atoms with van der Waals surface area (Å²) in [5.74, 6) is -0.00551. The summed E-state index contributed by atoms with van der Waals surface area (Å²) in [6.07, 6.45) is 0.0637. The van der Waals surface area contributed by atoms with Crippen molar-refractivity contribution in [3.05, 3.63) is 11.4 Å².